The fraction of sp³-hybridized carbons (Fsp3) is 0.138. The van der Waals surface area contributed by atoms with E-state index < -0.39 is 18.4 Å². The van der Waals surface area contributed by atoms with Crippen molar-refractivity contribution in [2.75, 3.05) is 26.9 Å². The van der Waals surface area contributed by atoms with Crippen LogP contribution in [0.1, 0.15) is 0 Å². The first kappa shape index (κ1) is 24.8. The van der Waals surface area contributed by atoms with Crippen molar-refractivity contribution < 1.29 is 28.9 Å². The molecule has 0 saturated heterocycles. The fourth-order valence-electron chi connectivity index (χ4n) is 3.88. The van der Waals surface area contributed by atoms with Gasteiger partial charge in [0, 0.05) is 10.8 Å². The number of methoxy groups -OCH3 is 1. The van der Waals surface area contributed by atoms with Gasteiger partial charge in [-0.05, 0) is 36.4 Å². The fourth-order valence-corrected chi connectivity index (χ4v) is 3.88. The topological polar surface area (TPSA) is 121 Å². The molecule has 9 heteroatoms. The van der Waals surface area contributed by atoms with Crippen molar-refractivity contribution in [3.63, 3.8) is 0 Å². The van der Waals surface area contributed by atoms with E-state index in [4.69, 9.17) is 29.5 Å². The Morgan fingerprint density at radius 1 is 0.658 bits per heavy atom. The number of aliphatic hydroxyl groups is 1. The van der Waals surface area contributed by atoms with Crippen molar-refractivity contribution in [1.29, 1.82) is 0 Å². The molecule has 0 atom stereocenters. The number of para-hydroxylation sites is 2. The summed E-state index contributed by atoms with van der Waals surface area (Å²) in [6, 6.07) is 24.1. The second kappa shape index (κ2) is 11.0. The number of carbonyl (C=O) groups is 2. The van der Waals surface area contributed by atoms with Crippen molar-refractivity contribution in [2.24, 2.45) is 0 Å². The average molecular weight is 510 g/mol. The monoisotopic (exact) mass is 509 g/mol. The lowest BCUT2D eigenvalue weighted by Gasteiger charge is -2.11. The third-order valence-electron chi connectivity index (χ3n) is 5.78. The van der Waals surface area contributed by atoms with Crippen molar-refractivity contribution in [1.82, 2.24) is 15.0 Å². The van der Waals surface area contributed by atoms with Crippen LogP contribution >= 0.6 is 0 Å². The summed E-state index contributed by atoms with van der Waals surface area (Å²) in [7, 11) is 1.31. The molecule has 38 heavy (non-hydrogen) atoms. The molecular formula is C29H23N3O6. The second-order valence-electron chi connectivity index (χ2n) is 8.31. The van der Waals surface area contributed by atoms with Gasteiger partial charge in [0.1, 0.15) is 35.7 Å². The molecule has 0 unspecified atom stereocenters. The zero-order chi connectivity index (χ0) is 26.5. The molecule has 0 amide bonds. The number of ether oxygens (including phenoxy) is 3. The van der Waals surface area contributed by atoms with Gasteiger partial charge in [0.05, 0.1) is 29.9 Å². The van der Waals surface area contributed by atoms with Gasteiger partial charge in [-0.3, -0.25) is 4.79 Å². The number of pyridine rings is 3. The first-order valence-corrected chi connectivity index (χ1v) is 11.8. The molecule has 0 aliphatic rings. The number of benzene rings is 2. The summed E-state index contributed by atoms with van der Waals surface area (Å²) in [6.07, 6.45) is 0. The minimum Gasteiger partial charge on any atom is -0.483 e. The third-order valence-corrected chi connectivity index (χ3v) is 5.78. The molecule has 5 aromatic rings. The molecule has 0 aliphatic carbocycles. The highest BCUT2D eigenvalue weighted by molar-refractivity contribution is 5.88. The maximum Gasteiger partial charge on any atom is 0.343 e. The normalized spacial score (nSPS) is 10.9. The van der Waals surface area contributed by atoms with Crippen LogP contribution in [0.4, 0.5) is 0 Å². The number of rotatable bonds is 9. The summed E-state index contributed by atoms with van der Waals surface area (Å²) < 4.78 is 15.9. The summed E-state index contributed by atoms with van der Waals surface area (Å²) in [5.41, 5.74) is 3.69. The quantitative estimate of drug-likeness (QED) is 0.294. The summed E-state index contributed by atoms with van der Waals surface area (Å²) in [5.74, 6) is 0.00511. The Bertz CT molecular complexity index is 1530. The zero-order valence-corrected chi connectivity index (χ0v) is 20.5. The number of esters is 1. The van der Waals surface area contributed by atoms with Crippen LogP contribution in [-0.4, -0.2) is 58.7 Å². The molecule has 0 radical (unpaired) electrons. The van der Waals surface area contributed by atoms with E-state index in [1.165, 1.54) is 7.11 Å². The molecular weight excluding hydrogens is 486 g/mol. The molecule has 0 saturated carbocycles. The molecule has 0 fully saturated rings. The van der Waals surface area contributed by atoms with Crippen molar-refractivity contribution in [3.8, 4) is 34.3 Å². The number of Topliss-reactive ketones (excluding diaryl/α,β-unsaturated/α-hetero) is 1. The van der Waals surface area contributed by atoms with Gasteiger partial charge in [0.25, 0.3) is 0 Å². The number of aromatic nitrogens is 3. The molecule has 3 aromatic heterocycles. The zero-order valence-electron chi connectivity index (χ0n) is 20.5. The smallest absolute Gasteiger partial charge is 0.343 e. The molecule has 0 spiro atoms. The molecule has 5 rings (SSSR count). The van der Waals surface area contributed by atoms with Crippen molar-refractivity contribution >= 4 is 33.6 Å². The molecule has 2 aromatic carbocycles. The first-order chi connectivity index (χ1) is 18.6. The van der Waals surface area contributed by atoms with E-state index in [1.807, 2.05) is 66.7 Å². The Hall–Kier alpha value is -4.89. The van der Waals surface area contributed by atoms with Gasteiger partial charge < -0.3 is 19.3 Å². The largest absolute Gasteiger partial charge is 0.483 e. The van der Waals surface area contributed by atoms with E-state index >= 15 is 0 Å². The summed E-state index contributed by atoms with van der Waals surface area (Å²) in [4.78, 5) is 37.4. The Labute approximate surface area is 217 Å². The van der Waals surface area contributed by atoms with E-state index in [0.29, 0.717) is 45.3 Å². The van der Waals surface area contributed by atoms with Crippen LogP contribution in [0, 0.1) is 0 Å². The minimum atomic E-state index is -0.581. The van der Waals surface area contributed by atoms with Crippen LogP contribution in [0.25, 0.3) is 44.6 Å². The summed E-state index contributed by atoms with van der Waals surface area (Å²) in [6.45, 7) is -1.04. The van der Waals surface area contributed by atoms with Crippen molar-refractivity contribution in [2.45, 2.75) is 0 Å². The molecule has 0 bridgehead atoms. The number of hydrogen-bond acceptors (Lipinski definition) is 9. The van der Waals surface area contributed by atoms with Crippen LogP contribution in [0.5, 0.6) is 11.5 Å². The lowest BCUT2D eigenvalue weighted by molar-refractivity contribution is -0.142. The molecule has 190 valence electrons. The predicted molar refractivity (Wildman–Crippen MR) is 141 cm³/mol. The Balaban J connectivity index is 1.49. The number of fused-ring (bicyclic) bond motifs is 2. The number of ketones is 1. The maximum atomic E-state index is 11.5. The van der Waals surface area contributed by atoms with E-state index in [0.717, 1.165) is 10.8 Å². The lowest BCUT2D eigenvalue weighted by Crippen LogP contribution is -2.14. The highest BCUT2D eigenvalue weighted by Crippen LogP contribution is 2.30. The average Bonchev–Trinajstić information content (AvgIpc) is 2.98. The van der Waals surface area contributed by atoms with E-state index in [2.05, 4.69) is 4.74 Å². The summed E-state index contributed by atoms with van der Waals surface area (Å²) >= 11 is 0. The van der Waals surface area contributed by atoms with Crippen LogP contribution < -0.4 is 9.47 Å². The van der Waals surface area contributed by atoms with Crippen LogP contribution in [0.15, 0.2) is 78.9 Å². The highest BCUT2D eigenvalue weighted by Gasteiger charge is 2.12. The molecule has 1 N–H and O–H groups in total. The van der Waals surface area contributed by atoms with Gasteiger partial charge >= 0.3 is 5.97 Å². The number of hydrogen-bond donors (Lipinski definition) is 1. The van der Waals surface area contributed by atoms with Gasteiger partial charge in [-0.15, -0.1) is 0 Å². The Morgan fingerprint density at radius 2 is 1.16 bits per heavy atom. The Morgan fingerprint density at radius 3 is 1.68 bits per heavy atom. The van der Waals surface area contributed by atoms with Gasteiger partial charge in [-0.2, -0.15) is 0 Å². The maximum absolute atomic E-state index is 11.5. The van der Waals surface area contributed by atoms with E-state index in [-0.39, 0.29) is 13.2 Å². The van der Waals surface area contributed by atoms with E-state index in [1.54, 1.807) is 12.1 Å². The molecule has 0 aliphatic heterocycles. The minimum absolute atomic E-state index is 0.219. The molecule has 9 nitrogen and oxygen atoms in total. The third kappa shape index (κ3) is 5.28. The number of aliphatic hydroxyl groups excluding tert-OH is 1. The summed E-state index contributed by atoms with van der Waals surface area (Å²) in [5, 5.41) is 10.7. The SMILES string of the molecule is COC(=O)COc1cccc2ccc(-c3cccc(-c4ccc5cccc(OCC(=O)CO)c5n4)n3)nc12. The van der Waals surface area contributed by atoms with Crippen molar-refractivity contribution in [3.05, 3.63) is 78.9 Å². The van der Waals surface area contributed by atoms with E-state index in [9.17, 15) is 9.59 Å². The number of nitrogens with zero attached hydrogens (tertiary/aromatic N) is 3. The van der Waals surface area contributed by atoms with Gasteiger partial charge in [0.2, 0.25) is 0 Å². The Kier molecular flexibility index (Phi) is 7.19. The highest BCUT2D eigenvalue weighted by atomic mass is 16.6. The van der Waals surface area contributed by atoms with Gasteiger partial charge in [0.15, 0.2) is 12.4 Å². The van der Waals surface area contributed by atoms with Gasteiger partial charge in [-0.25, -0.2) is 19.7 Å². The predicted octanol–water partition coefficient (Wildman–Crippen LogP) is 4.00. The van der Waals surface area contributed by atoms with Gasteiger partial charge in [-0.1, -0.05) is 42.5 Å². The first-order valence-electron chi connectivity index (χ1n) is 11.8. The standard InChI is InChI=1S/C29H23N3O6/c1-36-27(35)17-38-26-10-3-6-19-12-14-24(32-29(19)26)22-8-4-7-21(30-22)23-13-11-18-5-2-9-25(28(18)31-23)37-16-20(34)15-33/h2-14,33H,15-17H2,1H3. The van der Waals surface area contributed by atoms with Crippen LogP contribution in [0.2, 0.25) is 0 Å². The second-order valence-corrected chi connectivity index (χ2v) is 8.31. The number of carbonyl (C=O) groups excluding carboxylic acids is 2. The van der Waals surface area contributed by atoms with Crippen LogP contribution in [0.3, 0.4) is 0 Å². The molecule has 3 heterocycles. The van der Waals surface area contributed by atoms with Crippen LogP contribution in [-0.2, 0) is 14.3 Å². The lowest BCUT2D eigenvalue weighted by atomic mass is 10.1.